The molecule has 19 heavy (non-hydrogen) atoms. The molecule has 0 spiro atoms. The van der Waals surface area contributed by atoms with Crippen molar-refractivity contribution in [2.24, 2.45) is 5.73 Å². The number of nitrogens with two attached hydrogens (primary N) is 1. The van der Waals surface area contributed by atoms with Crippen LogP contribution in [0.1, 0.15) is 12.8 Å². The van der Waals surface area contributed by atoms with Gasteiger partial charge < -0.3 is 25.8 Å². The van der Waals surface area contributed by atoms with Crippen molar-refractivity contribution in [2.75, 3.05) is 18.1 Å². The van der Waals surface area contributed by atoms with Crippen LogP contribution in [-0.4, -0.2) is 63.5 Å². The average Bonchev–Trinajstić information content (AvgIpc) is 2.32. The number of aliphatic carboxylic acids is 2. The van der Waals surface area contributed by atoms with Gasteiger partial charge in [0, 0.05) is 12.4 Å². The molecular formula is C10H17NO7S. The number of aliphatic hydroxyl groups excluding tert-OH is 1. The fraction of sp³-hybridized carbons (Fsp3) is 0.700. The Labute approximate surface area is 113 Å². The van der Waals surface area contributed by atoms with E-state index in [1.54, 1.807) is 0 Å². The van der Waals surface area contributed by atoms with Gasteiger partial charge in [-0.15, -0.1) is 0 Å². The van der Waals surface area contributed by atoms with Crippen LogP contribution in [0, 0.1) is 0 Å². The first kappa shape index (κ1) is 17.7. The molecule has 0 saturated heterocycles. The highest BCUT2D eigenvalue weighted by atomic mass is 32.2. The second kappa shape index (κ2) is 9.59. The molecule has 0 aliphatic rings. The van der Waals surface area contributed by atoms with E-state index in [1.165, 1.54) is 11.8 Å². The van der Waals surface area contributed by atoms with Gasteiger partial charge in [-0.05, 0) is 12.2 Å². The van der Waals surface area contributed by atoms with E-state index >= 15 is 0 Å². The van der Waals surface area contributed by atoms with Gasteiger partial charge in [-0.25, -0.2) is 4.79 Å². The van der Waals surface area contributed by atoms with Gasteiger partial charge in [0.2, 0.25) is 6.10 Å². The van der Waals surface area contributed by atoms with Gasteiger partial charge in [0.15, 0.2) is 0 Å². The monoisotopic (exact) mass is 295 g/mol. The molecule has 0 aromatic rings. The lowest BCUT2D eigenvalue weighted by Crippen LogP contribution is -2.39. The number of aliphatic hydroxyl groups is 1. The number of ether oxygens (including phenoxy) is 1. The highest BCUT2D eigenvalue weighted by Crippen LogP contribution is 2.07. The minimum Gasteiger partial charge on any atom is -0.481 e. The molecule has 8 nitrogen and oxygen atoms in total. The summed E-state index contributed by atoms with van der Waals surface area (Å²) in [5.74, 6) is -3.06. The van der Waals surface area contributed by atoms with Crippen LogP contribution in [0.3, 0.4) is 0 Å². The maximum absolute atomic E-state index is 11.4. The van der Waals surface area contributed by atoms with Crippen LogP contribution in [-0.2, 0) is 19.1 Å². The quantitative estimate of drug-likeness (QED) is 0.291. The molecule has 5 N–H and O–H groups in total. The molecule has 1 unspecified atom stereocenters. The Bertz CT molecular complexity index is 323. The third kappa shape index (κ3) is 8.41. The van der Waals surface area contributed by atoms with Crippen LogP contribution >= 0.6 is 11.8 Å². The van der Waals surface area contributed by atoms with Gasteiger partial charge in [-0.2, -0.15) is 11.8 Å². The Morgan fingerprint density at radius 3 is 2.37 bits per heavy atom. The summed E-state index contributed by atoms with van der Waals surface area (Å²) in [6.07, 6.45) is -1.99. The third-order valence-electron chi connectivity index (χ3n) is 1.94. The summed E-state index contributed by atoms with van der Waals surface area (Å²) >= 11 is 1.31. The second-order valence-corrected chi connectivity index (χ2v) is 4.77. The molecule has 0 aliphatic heterocycles. The van der Waals surface area contributed by atoms with E-state index < -0.39 is 36.5 Å². The lowest BCUT2D eigenvalue weighted by atomic mass is 10.2. The summed E-state index contributed by atoms with van der Waals surface area (Å²) in [4.78, 5) is 32.5. The Kier molecular flexibility index (Phi) is 8.92. The van der Waals surface area contributed by atoms with Crippen LogP contribution in [0.25, 0.3) is 0 Å². The fourth-order valence-corrected chi connectivity index (χ4v) is 1.90. The van der Waals surface area contributed by atoms with Crippen molar-refractivity contribution >= 4 is 29.7 Å². The first-order valence-corrected chi connectivity index (χ1v) is 6.63. The highest BCUT2D eigenvalue weighted by molar-refractivity contribution is 7.99. The van der Waals surface area contributed by atoms with Crippen LogP contribution < -0.4 is 5.73 Å². The zero-order valence-corrected chi connectivity index (χ0v) is 11.0. The third-order valence-corrected chi connectivity index (χ3v) is 3.11. The molecule has 0 aromatic carbocycles. The zero-order chi connectivity index (χ0) is 14.8. The standard InChI is InChI=1S/C10H17NO7S/c11-6(5-19-3-1-2-12)10(17)18-7(9(15)16)4-8(13)14/h6-7,12H,1-5,11H2,(H,13,14)(H,15,16)/t6-,7?/m0/s1. The summed E-state index contributed by atoms with van der Waals surface area (Å²) in [6, 6.07) is -1.03. The largest absolute Gasteiger partial charge is 0.481 e. The first-order valence-electron chi connectivity index (χ1n) is 5.47. The first-order chi connectivity index (χ1) is 8.88. The maximum Gasteiger partial charge on any atom is 0.345 e. The molecule has 2 atom stereocenters. The van der Waals surface area contributed by atoms with Gasteiger partial charge in [-0.3, -0.25) is 9.59 Å². The number of carboxylic acids is 2. The predicted molar refractivity (Wildman–Crippen MR) is 66.8 cm³/mol. The van der Waals surface area contributed by atoms with E-state index in [4.69, 9.17) is 21.1 Å². The number of hydrogen-bond donors (Lipinski definition) is 4. The minimum absolute atomic E-state index is 0.0341. The van der Waals surface area contributed by atoms with Gasteiger partial charge in [0.25, 0.3) is 0 Å². The van der Waals surface area contributed by atoms with Crippen LogP contribution in [0.15, 0.2) is 0 Å². The number of esters is 1. The molecule has 0 bridgehead atoms. The molecule has 110 valence electrons. The molecule has 0 fully saturated rings. The zero-order valence-electron chi connectivity index (χ0n) is 10.2. The SMILES string of the molecule is N[C@@H](CSCCCO)C(=O)OC(CC(=O)O)C(=O)O. The van der Waals surface area contributed by atoms with Crippen molar-refractivity contribution < 1.29 is 34.4 Å². The minimum atomic E-state index is -1.74. The Hall–Kier alpha value is -1.32. The summed E-state index contributed by atoms with van der Waals surface area (Å²) in [6.45, 7) is 0.0341. The Morgan fingerprint density at radius 2 is 1.89 bits per heavy atom. The molecule has 0 aromatic heterocycles. The van der Waals surface area contributed by atoms with Crippen LogP contribution in [0.5, 0.6) is 0 Å². The fourth-order valence-electron chi connectivity index (χ4n) is 1.01. The Morgan fingerprint density at radius 1 is 1.26 bits per heavy atom. The number of carboxylic acid groups (broad SMARTS) is 2. The van der Waals surface area contributed by atoms with E-state index in [1.807, 2.05) is 0 Å². The molecular weight excluding hydrogens is 278 g/mol. The number of hydrogen-bond acceptors (Lipinski definition) is 7. The number of rotatable bonds is 10. The lowest BCUT2D eigenvalue weighted by molar-refractivity contribution is -0.167. The smallest absolute Gasteiger partial charge is 0.345 e. The van der Waals surface area contributed by atoms with Crippen molar-refractivity contribution in [1.29, 1.82) is 0 Å². The van der Waals surface area contributed by atoms with Crippen molar-refractivity contribution in [2.45, 2.75) is 25.0 Å². The van der Waals surface area contributed by atoms with E-state index in [2.05, 4.69) is 4.74 Å². The Balaban J connectivity index is 4.16. The second-order valence-electron chi connectivity index (χ2n) is 3.62. The lowest BCUT2D eigenvalue weighted by Gasteiger charge is -2.15. The molecule has 0 saturated carbocycles. The van der Waals surface area contributed by atoms with Crippen molar-refractivity contribution in [3.05, 3.63) is 0 Å². The van der Waals surface area contributed by atoms with Gasteiger partial charge in [0.1, 0.15) is 6.04 Å². The number of carbonyl (C=O) groups excluding carboxylic acids is 1. The maximum atomic E-state index is 11.4. The topological polar surface area (TPSA) is 147 Å². The summed E-state index contributed by atoms with van der Waals surface area (Å²) in [5, 5.41) is 25.7. The molecule has 0 aliphatic carbocycles. The van der Waals surface area contributed by atoms with Crippen molar-refractivity contribution in [3.63, 3.8) is 0 Å². The van der Waals surface area contributed by atoms with E-state index in [9.17, 15) is 14.4 Å². The summed E-state index contributed by atoms with van der Waals surface area (Å²) in [5.41, 5.74) is 5.48. The molecule has 0 radical (unpaired) electrons. The predicted octanol–water partition coefficient (Wildman–Crippen LogP) is -1.10. The summed E-state index contributed by atoms with van der Waals surface area (Å²) in [7, 11) is 0. The van der Waals surface area contributed by atoms with Gasteiger partial charge in [0.05, 0.1) is 6.42 Å². The van der Waals surface area contributed by atoms with E-state index in [0.717, 1.165) is 0 Å². The molecule has 0 rings (SSSR count). The van der Waals surface area contributed by atoms with Crippen molar-refractivity contribution in [1.82, 2.24) is 0 Å². The molecule has 0 heterocycles. The number of thioether (sulfide) groups is 1. The van der Waals surface area contributed by atoms with E-state index in [0.29, 0.717) is 12.2 Å². The molecule has 0 amide bonds. The van der Waals surface area contributed by atoms with Crippen LogP contribution in [0.2, 0.25) is 0 Å². The van der Waals surface area contributed by atoms with Gasteiger partial charge in [-0.1, -0.05) is 0 Å². The number of carbonyl (C=O) groups is 3. The normalized spacial score (nSPS) is 13.6. The molecule has 9 heteroatoms. The van der Waals surface area contributed by atoms with Crippen molar-refractivity contribution in [3.8, 4) is 0 Å². The highest BCUT2D eigenvalue weighted by Gasteiger charge is 2.27. The van der Waals surface area contributed by atoms with Gasteiger partial charge >= 0.3 is 17.9 Å². The van der Waals surface area contributed by atoms with Crippen LogP contribution in [0.4, 0.5) is 0 Å². The average molecular weight is 295 g/mol. The summed E-state index contributed by atoms with van der Waals surface area (Å²) < 4.78 is 4.53. The van der Waals surface area contributed by atoms with E-state index in [-0.39, 0.29) is 12.4 Å².